The molecule has 1 unspecified atom stereocenters. The molecule has 2 amide bonds. The molecule has 0 aliphatic rings. The van der Waals surface area contributed by atoms with Crippen LogP contribution in [0, 0.1) is 0 Å². The van der Waals surface area contributed by atoms with Crippen LogP contribution in [0.3, 0.4) is 0 Å². The molecule has 2 aromatic rings. The van der Waals surface area contributed by atoms with Crippen molar-refractivity contribution in [1.29, 1.82) is 0 Å². The van der Waals surface area contributed by atoms with Crippen LogP contribution in [-0.2, 0) is 10.0 Å². The van der Waals surface area contributed by atoms with Gasteiger partial charge in [-0.3, -0.25) is 0 Å². The van der Waals surface area contributed by atoms with Gasteiger partial charge in [0, 0.05) is 10.7 Å². The summed E-state index contributed by atoms with van der Waals surface area (Å²) in [6.45, 7) is 7.26. The number of nitrogens with one attached hydrogen (secondary N) is 2. The standard InChI is InChI=1S/C21H27ClN2O5S/c1-12(2)17-9-15(22)10-18(13(3)4)20(17)23-21(27)24-30(28,29)16-7-5-6-14(8-16)19(26)11-25/h5-10,12-13,19,25-26H,11H2,1-4H3,(H2,23,24,27). The lowest BCUT2D eigenvalue weighted by Crippen LogP contribution is -2.35. The largest absolute Gasteiger partial charge is 0.393 e. The summed E-state index contributed by atoms with van der Waals surface area (Å²) in [5, 5.41) is 22.0. The van der Waals surface area contributed by atoms with Crippen molar-refractivity contribution >= 4 is 33.3 Å². The Balaban J connectivity index is 2.34. The van der Waals surface area contributed by atoms with E-state index in [0.717, 1.165) is 11.1 Å². The predicted octanol–water partition coefficient (Wildman–Crippen LogP) is 4.12. The van der Waals surface area contributed by atoms with E-state index in [0.29, 0.717) is 10.7 Å². The van der Waals surface area contributed by atoms with Crippen LogP contribution in [0.25, 0.3) is 0 Å². The molecule has 2 rings (SSSR count). The van der Waals surface area contributed by atoms with Gasteiger partial charge in [0.2, 0.25) is 0 Å². The highest BCUT2D eigenvalue weighted by molar-refractivity contribution is 7.90. The number of sulfonamides is 1. The number of carbonyl (C=O) groups is 1. The van der Waals surface area contributed by atoms with Crippen LogP contribution in [-0.4, -0.2) is 31.3 Å². The second-order valence-electron chi connectivity index (χ2n) is 7.60. The Hall–Kier alpha value is -2.13. The number of aliphatic hydroxyl groups is 2. The average molecular weight is 455 g/mol. The minimum Gasteiger partial charge on any atom is -0.393 e. The zero-order valence-corrected chi connectivity index (χ0v) is 18.9. The van der Waals surface area contributed by atoms with E-state index in [1.54, 1.807) is 12.1 Å². The molecular weight excluding hydrogens is 428 g/mol. The number of halogens is 1. The van der Waals surface area contributed by atoms with Crippen molar-refractivity contribution in [3.8, 4) is 0 Å². The van der Waals surface area contributed by atoms with Crippen molar-refractivity contribution in [2.45, 2.75) is 50.5 Å². The summed E-state index contributed by atoms with van der Waals surface area (Å²) < 4.78 is 27.3. The first-order valence-electron chi connectivity index (χ1n) is 9.52. The molecule has 0 radical (unpaired) electrons. The van der Waals surface area contributed by atoms with E-state index in [1.807, 2.05) is 32.4 Å². The smallest absolute Gasteiger partial charge is 0.333 e. The number of hydrogen-bond donors (Lipinski definition) is 4. The van der Waals surface area contributed by atoms with Crippen molar-refractivity contribution in [2.75, 3.05) is 11.9 Å². The summed E-state index contributed by atoms with van der Waals surface area (Å²) in [6.07, 6.45) is -1.22. The summed E-state index contributed by atoms with van der Waals surface area (Å²) in [5.74, 6) is 0.0921. The Labute approximate surface area is 182 Å². The number of rotatable bonds is 7. The van der Waals surface area contributed by atoms with E-state index < -0.39 is 28.8 Å². The van der Waals surface area contributed by atoms with Crippen molar-refractivity contribution in [3.63, 3.8) is 0 Å². The van der Waals surface area contributed by atoms with E-state index >= 15 is 0 Å². The van der Waals surface area contributed by atoms with Gasteiger partial charge in [0.15, 0.2) is 0 Å². The second-order valence-corrected chi connectivity index (χ2v) is 9.72. The predicted molar refractivity (Wildman–Crippen MR) is 117 cm³/mol. The Morgan fingerprint density at radius 3 is 2.13 bits per heavy atom. The maximum atomic E-state index is 12.7. The molecule has 1 atom stereocenters. The maximum absolute atomic E-state index is 12.7. The molecule has 0 aliphatic carbocycles. The molecule has 2 aromatic carbocycles. The van der Waals surface area contributed by atoms with Crippen LogP contribution in [0.2, 0.25) is 5.02 Å². The molecule has 0 fully saturated rings. The summed E-state index contributed by atoms with van der Waals surface area (Å²) >= 11 is 6.22. The van der Waals surface area contributed by atoms with Gasteiger partial charge < -0.3 is 15.5 Å². The van der Waals surface area contributed by atoms with E-state index in [-0.39, 0.29) is 22.3 Å². The van der Waals surface area contributed by atoms with Crippen molar-refractivity contribution in [2.24, 2.45) is 0 Å². The van der Waals surface area contributed by atoms with Gasteiger partial charge in [-0.2, -0.15) is 0 Å². The van der Waals surface area contributed by atoms with E-state index in [9.17, 15) is 18.3 Å². The van der Waals surface area contributed by atoms with Crippen molar-refractivity contribution < 1.29 is 23.4 Å². The Morgan fingerprint density at radius 1 is 1.07 bits per heavy atom. The molecule has 9 heteroatoms. The van der Waals surface area contributed by atoms with Crippen molar-refractivity contribution in [1.82, 2.24) is 4.72 Å². The van der Waals surface area contributed by atoms with Gasteiger partial charge in [-0.25, -0.2) is 17.9 Å². The van der Waals surface area contributed by atoms with Gasteiger partial charge in [0.25, 0.3) is 10.0 Å². The highest BCUT2D eigenvalue weighted by atomic mass is 35.5. The zero-order valence-electron chi connectivity index (χ0n) is 17.3. The number of carbonyl (C=O) groups excluding carboxylic acids is 1. The molecule has 0 bridgehead atoms. The Bertz CT molecular complexity index is 993. The van der Waals surface area contributed by atoms with Gasteiger partial charge in [0.1, 0.15) is 6.10 Å². The SMILES string of the molecule is CC(C)c1cc(Cl)cc(C(C)C)c1NC(=O)NS(=O)(=O)c1cccc(C(O)CO)c1. The number of amides is 2. The first kappa shape index (κ1) is 24.1. The molecule has 4 N–H and O–H groups in total. The Kier molecular flexibility index (Phi) is 7.87. The fourth-order valence-corrected chi connectivity index (χ4v) is 4.22. The molecule has 0 saturated heterocycles. The molecule has 0 heterocycles. The molecule has 7 nitrogen and oxygen atoms in total. The van der Waals surface area contributed by atoms with E-state index in [4.69, 9.17) is 16.7 Å². The van der Waals surface area contributed by atoms with Gasteiger partial charge in [-0.1, -0.05) is 51.4 Å². The van der Waals surface area contributed by atoms with Crippen LogP contribution in [0.15, 0.2) is 41.3 Å². The highest BCUT2D eigenvalue weighted by Gasteiger charge is 2.22. The normalized spacial score (nSPS) is 12.8. The molecule has 164 valence electrons. The number of hydrogen-bond acceptors (Lipinski definition) is 5. The quantitative estimate of drug-likeness (QED) is 0.502. The van der Waals surface area contributed by atoms with Crippen LogP contribution in [0.5, 0.6) is 0 Å². The van der Waals surface area contributed by atoms with Crippen LogP contribution < -0.4 is 10.0 Å². The molecule has 30 heavy (non-hydrogen) atoms. The molecular formula is C21H27ClN2O5S. The average Bonchev–Trinajstić information content (AvgIpc) is 2.67. The van der Waals surface area contributed by atoms with Crippen LogP contribution in [0.4, 0.5) is 10.5 Å². The topological polar surface area (TPSA) is 116 Å². The maximum Gasteiger partial charge on any atom is 0.333 e. The summed E-state index contributed by atoms with van der Waals surface area (Å²) in [7, 11) is -4.20. The number of benzene rings is 2. The monoisotopic (exact) mass is 454 g/mol. The molecule has 0 aliphatic heterocycles. The molecule has 0 saturated carbocycles. The van der Waals surface area contributed by atoms with Gasteiger partial charge in [-0.05, 0) is 52.8 Å². The van der Waals surface area contributed by atoms with Crippen LogP contribution in [0.1, 0.15) is 62.3 Å². The minimum atomic E-state index is -4.20. The third kappa shape index (κ3) is 5.72. The van der Waals surface area contributed by atoms with Gasteiger partial charge >= 0.3 is 6.03 Å². The lowest BCUT2D eigenvalue weighted by atomic mass is 9.92. The fraction of sp³-hybridized carbons (Fsp3) is 0.381. The fourth-order valence-electron chi connectivity index (χ4n) is 3.02. The van der Waals surface area contributed by atoms with E-state index in [1.165, 1.54) is 24.3 Å². The molecule has 0 aromatic heterocycles. The lowest BCUT2D eigenvalue weighted by Gasteiger charge is -2.21. The van der Waals surface area contributed by atoms with Crippen molar-refractivity contribution in [3.05, 3.63) is 58.1 Å². The van der Waals surface area contributed by atoms with Gasteiger partial charge in [-0.15, -0.1) is 0 Å². The highest BCUT2D eigenvalue weighted by Crippen LogP contribution is 2.35. The summed E-state index contributed by atoms with van der Waals surface area (Å²) in [5.41, 5.74) is 2.35. The van der Waals surface area contributed by atoms with E-state index in [2.05, 4.69) is 5.32 Å². The van der Waals surface area contributed by atoms with Gasteiger partial charge in [0.05, 0.1) is 11.5 Å². The third-order valence-corrected chi connectivity index (χ3v) is 6.15. The minimum absolute atomic E-state index is 0.0461. The number of urea groups is 1. The zero-order chi connectivity index (χ0) is 22.6. The summed E-state index contributed by atoms with van der Waals surface area (Å²) in [4.78, 5) is 12.4. The molecule has 0 spiro atoms. The first-order valence-corrected chi connectivity index (χ1v) is 11.4. The Morgan fingerprint density at radius 2 is 1.63 bits per heavy atom. The number of anilines is 1. The first-order chi connectivity index (χ1) is 14.0. The number of aliphatic hydroxyl groups excluding tert-OH is 2. The third-order valence-electron chi connectivity index (χ3n) is 4.60. The lowest BCUT2D eigenvalue weighted by molar-refractivity contribution is 0.0954. The summed E-state index contributed by atoms with van der Waals surface area (Å²) in [6, 6.07) is 8.01. The van der Waals surface area contributed by atoms with Crippen LogP contribution >= 0.6 is 11.6 Å². The second kappa shape index (κ2) is 9.78.